The number of nitrogens with zero attached hydrogens (tertiary/aromatic N) is 4. The summed E-state index contributed by atoms with van der Waals surface area (Å²) in [6.45, 7) is 2.39. The minimum Gasteiger partial charge on any atom is -0.333 e. The largest absolute Gasteiger partial charge is 0.333 e. The van der Waals surface area contributed by atoms with Crippen LogP contribution in [0.3, 0.4) is 0 Å². The summed E-state index contributed by atoms with van der Waals surface area (Å²) in [5.41, 5.74) is 0. The Hall–Kier alpha value is -1.48. The van der Waals surface area contributed by atoms with Crippen LogP contribution >= 0.6 is 27.5 Å². The van der Waals surface area contributed by atoms with E-state index < -0.39 is 0 Å². The molecule has 2 heterocycles. The van der Waals surface area contributed by atoms with E-state index in [1.54, 1.807) is 17.9 Å². The summed E-state index contributed by atoms with van der Waals surface area (Å²) >= 11 is 4.69. The fraction of sp³-hybridized carbons (Fsp3) is 0.400. The number of aromatic nitrogens is 4. The summed E-state index contributed by atoms with van der Waals surface area (Å²) in [5, 5.41) is 9.42. The van der Waals surface area contributed by atoms with Crippen LogP contribution in [-0.2, 0) is 20.0 Å². The monoisotopic (exact) mass is 344 g/mol. The zero-order valence-electron chi connectivity index (χ0n) is 10.5. The Kier molecular flexibility index (Phi) is 4.48. The van der Waals surface area contributed by atoms with Gasteiger partial charge < -0.3 is 5.32 Å². The van der Waals surface area contributed by atoms with E-state index in [4.69, 9.17) is 0 Å². The van der Waals surface area contributed by atoms with Gasteiger partial charge in [-0.1, -0.05) is 6.92 Å². The van der Waals surface area contributed by atoms with E-state index in [0.29, 0.717) is 12.5 Å². The molecule has 0 unspecified atom stereocenters. The smallest absolute Gasteiger partial charge is 0.321 e. The van der Waals surface area contributed by atoms with E-state index in [1.807, 2.05) is 6.92 Å². The predicted molar refractivity (Wildman–Crippen MR) is 76.1 cm³/mol. The van der Waals surface area contributed by atoms with E-state index in [9.17, 15) is 4.79 Å². The molecule has 0 bridgehead atoms. The van der Waals surface area contributed by atoms with Gasteiger partial charge in [-0.05, 0) is 27.5 Å². The van der Waals surface area contributed by atoms with Gasteiger partial charge in [-0.3, -0.25) is 10.00 Å². The van der Waals surface area contributed by atoms with Gasteiger partial charge >= 0.3 is 6.03 Å². The Bertz CT molecular complexity index is 580. The first-order chi connectivity index (χ1) is 9.10. The van der Waals surface area contributed by atoms with Crippen LogP contribution in [0.15, 0.2) is 10.7 Å². The summed E-state index contributed by atoms with van der Waals surface area (Å²) < 4.78 is 6.54. The van der Waals surface area contributed by atoms with Crippen molar-refractivity contribution >= 4 is 39.4 Å². The van der Waals surface area contributed by atoms with Gasteiger partial charge in [0.15, 0.2) is 0 Å². The third-order valence-electron chi connectivity index (χ3n) is 2.40. The zero-order valence-corrected chi connectivity index (χ0v) is 12.9. The number of carbonyl (C=O) groups excluding carboxylic acids is 1. The number of hydrogen-bond acceptors (Lipinski definition) is 5. The molecular formula is C10H13BrN6OS. The Morgan fingerprint density at radius 2 is 2.37 bits per heavy atom. The number of urea groups is 1. The summed E-state index contributed by atoms with van der Waals surface area (Å²) in [5.74, 6) is 1.13. The second kappa shape index (κ2) is 6.11. The van der Waals surface area contributed by atoms with Gasteiger partial charge in [0.1, 0.15) is 5.82 Å². The maximum atomic E-state index is 11.7. The van der Waals surface area contributed by atoms with Crippen molar-refractivity contribution < 1.29 is 4.79 Å². The van der Waals surface area contributed by atoms with E-state index in [0.717, 1.165) is 21.6 Å². The lowest BCUT2D eigenvalue weighted by atomic mass is 10.5. The van der Waals surface area contributed by atoms with Crippen molar-refractivity contribution in [1.82, 2.24) is 24.5 Å². The molecule has 0 aliphatic rings. The second-order valence-electron chi connectivity index (χ2n) is 3.73. The Labute approximate surface area is 122 Å². The number of anilines is 1. The number of aryl methyl sites for hydroxylation is 2. The van der Waals surface area contributed by atoms with Crippen molar-refractivity contribution in [1.29, 1.82) is 0 Å². The molecule has 0 radical (unpaired) electrons. The predicted octanol–water partition coefficient (Wildman–Crippen LogP) is 1.92. The molecule has 0 saturated heterocycles. The fourth-order valence-corrected chi connectivity index (χ4v) is 2.61. The molecule has 0 atom stereocenters. The molecule has 2 aromatic rings. The van der Waals surface area contributed by atoms with Crippen LogP contribution in [0.2, 0.25) is 0 Å². The van der Waals surface area contributed by atoms with Crippen molar-refractivity contribution in [2.45, 2.75) is 19.9 Å². The normalized spacial score (nSPS) is 10.5. The average Bonchev–Trinajstić information content (AvgIpc) is 2.93. The summed E-state index contributed by atoms with van der Waals surface area (Å²) in [6.07, 6.45) is 2.47. The molecule has 2 aromatic heterocycles. The lowest BCUT2D eigenvalue weighted by Crippen LogP contribution is -2.28. The SMILES string of the molecule is CCc1nc(NC(=O)NCc2sncc2Br)nn1C. The zero-order chi connectivity index (χ0) is 13.8. The van der Waals surface area contributed by atoms with Crippen LogP contribution in [0.25, 0.3) is 0 Å². The van der Waals surface area contributed by atoms with Gasteiger partial charge in [0, 0.05) is 13.5 Å². The molecule has 7 nitrogen and oxygen atoms in total. The van der Waals surface area contributed by atoms with Crippen molar-refractivity contribution in [3.8, 4) is 0 Å². The Balaban J connectivity index is 1.89. The molecule has 0 aliphatic heterocycles. The van der Waals surface area contributed by atoms with Crippen LogP contribution in [-0.4, -0.2) is 25.2 Å². The maximum Gasteiger partial charge on any atom is 0.321 e. The fourth-order valence-electron chi connectivity index (χ4n) is 1.45. The van der Waals surface area contributed by atoms with Crippen LogP contribution in [0.4, 0.5) is 10.7 Å². The standard InChI is InChI=1S/C10H13BrN6OS/c1-3-8-14-9(16-17(8)2)15-10(18)12-5-7-6(11)4-13-19-7/h4H,3,5H2,1-2H3,(H2,12,15,16,18). The minimum absolute atomic E-state index is 0.306. The molecule has 9 heteroatoms. The number of carbonyl (C=O) groups is 1. The molecule has 0 aliphatic carbocycles. The number of hydrogen-bond donors (Lipinski definition) is 2. The van der Waals surface area contributed by atoms with Gasteiger partial charge in [0.2, 0.25) is 5.95 Å². The first-order valence-electron chi connectivity index (χ1n) is 5.64. The first-order valence-corrected chi connectivity index (χ1v) is 7.20. The molecule has 0 aromatic carbocycles. The highest BCUT2D eigenvalue weighted by atomic mass is 79.9. The molecule has 0 fully saturated rings. The van der Waals surface area contributed by atoms with E-state index in [1.165, 1.54) is 11.5 Å². The van der Waals surface area contributed by atoms with Gasteiger partial charge in [-0.25, -0.2) is 4.79 Å². The summed E-state index contributed by atoms with van der Waals surface area (Å²) in [7, 11) is 1.79. The highest BCUT2D eigenvalue weighted by molar-refractivity contribution is 9.10. The minimum atomic E-state index is -0.339. The van der Waals surface area contributed by atoms with Gasteiger partial charge in [0.05, 0.1) is 22.1 Å². The van der Waals surface area contributed by atoms with E-state index in [2.05, 4.69) is 41.0 Å². The molecule has 2 amide bonds. The molecular weight excluding hydrogens is 332 g/mol. The second-order valence-corrected chi connectivity index (χ2v) is 5.47. The molecule has 19 heavy (non-hydrogen) atoms. The third kappa shape index (κ3) is 3.51. The average molecular weight is 345 g/mol. The summed E-state index contributed by atoms with van der Waals surface area (Å²) in [6, 6.07) is -0.339. The topological polar surface area (TPSA) is 84.7 Å². The van der Waals surface area contributed by atoms with Gasteiger partial charge in [-0.2, -0.15) is 9.36 Å². The van der Waals surface area contributed by atoms with Crippen molar-refractivity contribution in [3.63, 3.8) is 0 Å². The number of nitrogens with one attached hydrogen (secondary N) is 2. The third-order valence-corrected chi connectivity index (χ3v) is 4.14. The highest BCUT2D eigenvalue weighted by Gasteiger charge is 2.10. The Morgan fingerprint density at radius 1 is 1.58 bits per heavy atom. The quantitative estimate of drug-likeness (QED) is 0.887. The molecule has 102 valence electrons. The number of amides is 2. The lowest BCUT2D eigenvalue weighted by molar-refractivity contribution is 0.251. The van der Waals surface area contributed by atoms with Crippen molar-refractivity contribution in [2.75, 3.05) is 5.32 Å². The maximum absolute atomic E-state index is 11.7. The van der Waals surface area contributed by atoms with E-state index in [-0.39, 0.29) is 6.03 Å². The van der Waals surface area contributed by atoms with Crippen LogP contribution in [0.1, 0.15) is 17.6 Å². The molecule has 0 spiro atoms. The van der Waals surface area contributed by atoms with Crippen LogP contribution in [0.5, 0.6) is 0 Å². The van der Waals surface area contributed by atoms with Gasteiger partial charge in [-0.15, -0.1) is 5.10 Å². The molecule has 2 N–H and O–H groups in total. The lowest BCUT2D eigenvalue weighted by Gasteiger charge is -2.03. The Morgan fingerprint density at radius 3 is 2.95 bits per heavy atom. The highest BCUT2D eigenvalue weighted by Crippen LogP contribution is 2.19. The summed E-state index contributed by atoms with van der Waals surface area (Å²) in [4.78, 5) is 16.8. The molecule has 2 rings (SSSR count). The van der Waals surface area contributed by atoms with Crippen LogP contribution in [0, 0.1) is 0 Å². The first kappa shape index (κ1) is 13.9. The van der Waals surface area contributed by atoms with Crippen molar-refractivity contribution in [2.24, 2.45) is 7.05 Å². The number of halogens is 1. The van der Waals surface area contributed by atoms with Crippen LogP contribution < -0.4 is 10.6 Å². The van der Waals surface area contributed by atoms with Crippen molar-refractivity contribution in [3.05, 3.63) is 21.4 Å². The van der Waals surface area contributed by atoms with Gasteiger partial charge in [0.25, 0.3) is 0 Å². The molecule has 0 saturated carbocycles. The number of rotatable bonds is 4. The van der Waals surface area contributed by atoms with E-state index >= 15 is 0 Å².